The topological polar surface area (TPSA) is 54.6 Å². The van der Waals surface area contributed by atoms with E-state index in [4.69, 9.17) is 5.11 Å². The van der Waals surface area contributed by atoms with Crippen molar-refractivity contribution >= 4 is 22.4 Å². The van der Waals surface area contributed by atoms with Gasteiger partial charge in [0.25, 0.3) is 0 Å². The van der Waals surface area contributed by atoms with Gasteiger partial charge in [-0.25, -0.2) is 9.31 Å². The number of carbonyl (C=O) groups is 1. The van der Waals surface area contributed by atoms with Gasteiger partial charge in [-0.05, 0) is 30.3 Å². The zero-order valence-corrected chi connectivity index (χ0v) is 8.29. The molecule has 0 saturated heterocycles. The van der Waals surface area contributed by atoms with E-state index >= 15 is 0 Å². The van der Waals surface area contributed by atoms with Crippen molar-refractivity contribution in [3.05, 3.63) is 48.2 Å². The molecule has 0 aliphatic rings. The minimum absolute atomic E-state index is 0.284. The molecule has 1 N–H and O–H groups in total. The van der Waals surface area contributed by atoms with Gasteiger partial charge in [0.2, 0.25) is 0 Å². The number of hydrogen-bond donors (Lipinski definition) is 1. The summed E-state index contributed by atoms with van der Waals surface area (Å²) in [7, 11) is 0. The summed E-state index contributed by atoms with van der Waals surface area (Å²) in [5, 5.41) is 14.1. The number of nitrogens with zero attached hydrogens (tertiary/aromatic N) is 2. The SMILES string of the molecule is O=C(O)c1ccc2nn3ccccc3c2c1. The first-order chi connectivity index (χ1) is 7.75. The number of benzene rings is 1. The van der Waals surface area contributed by atoms with E-state index < -0.39 is 5.97 Å². The van der Waals surface area contributed by atoms with Crippen LogP contribution in [0.3, 0.4) is 0 Å². The second kappa shape index (κ2) is 3.06. The lowest BCUT2D eigenvalue weighted by Gasteiger charge is -1.93. The molecule has 3 rings (SSSR count). The predicted molar refractivity (Wildman–Crippen MR) is 59.7 cm³/mol. The average molecular weight is 212 g/mol. The molecular formula is C12H8N2O2. The van der Waals surface area contributed by atoms with Crippen LogP contribution < -0.4 is 0 Å². The van der Waals surface area contributed by atoms with Crippen LogP contribution in [0.5, 0.6) is 0 Å². The standard InChI is InChI=1S/C12H8N2O2/c15-12(16)8-4-5-10-9(7-8)11-3-1-2-6-14(11)13-10/h1-7H,(H,15,16). The monoisotopic (exact) mass is 212 g/mol. The Morgan fingerprint density at radius 2 is 2.12 bits per heavy atom. The van der Waals surface area contributed by atoms with Crippen molar-refractivity contribution in [1.29, 1.82) is 0 Å². The van der Waals surface area contributed by atoms with Gasteiger partial charge in [-0.1, -0.05) is 6.07 Å². The molecule has 2 heterocycles. The third-order valence-corrected chi connectivity index (χ3v) is 2.57. The zero-order valence-electron chi connectivity index (χ0n) is 8.29. The fraction of sp³-hybridized carbons (Fsp3) is 0. The minimum atomic E-state index is -0.919. The summed E-state index contributed by atoms with van der Waals surface area (Å²) in [5.41, 5.74) is 2.00. The Labute approximate surface area is 90.7 Å². The second-order valence-corrected chi connectivity index (χ2v) is 3.57. The van der Waals surface area contributed by atoms with E-state index in [0.29, 0.717) is 0 Å². The van der Waals surface area contributed by atoms with Gasteiger partial charge in [0, 0.05) is 11.6 Å². The van der Waals surface area contributed by atoms with Crippen LogP contribution in [0.4, 0.5) is 0 Å². The molecule has 2 aromatic heterocycles. The number of fused-ring (bicyclic) bond motifs is 3. The minimum Gasteiger partial charge on any atom is -0.478 e. The first kappa shape index (κ1) is 8.91. The van der Waals surface area contributed by atoms with Gasteiger partial charge in [-0.2, -0.15) is 5.10 Å². The van der Waals surface area contributed by atoms with Crippen molar-refractivity contribution in [1.82, 2.24) is 9.61 Å². The highest BCUT2D eigenvalue weighted by Gasteiger charge is 2.08. The molecule has 0 radical (unpaired) electrons. The Bertz CT molecular complexity index is 700. The maximum Gasteiger partial charge on any atom is 0.335 e. The number of aromatic nitrogens is 2. The van der Waals surface area contributed by atoms with E-state index in [1.54, 1.807) is 22.7 Å². The molecule has 0 spiro atoms. The van der Waals surface area contributed by atoms with Crippen molar-refractivity contribution in [3.8, 4) is 0 Å². The summed E-state index contributed by atoms with van der Waals surface area (Å²) in [6.45, 7) is 0. The van der Waals surface area contributed by atoms with Gasteiger partial charge < -0.3 is 5.11 Å². The molecule has 0 unspecified atom stereocenters. The molecule has 1 aromatic carbocycles. The lowest BCUT2D eigenvalue weighted by Crippen LogP contribution is -1.94. The van der Waals surface area contributed by atoms with Crippen molar-refractivity contribution in [2.45, 2.75) is 0 Å². The number of aromatic carboxylic acids is 1. The number of carboxylic acid groups (broad SMARTS) is 1. The smallest absolute Gasteiger partial charge is 0.335 e. The first-order valence-electron chi connectivity index (χ1n) is 4.86. The number of carboxylic acids is 1. The van der Waals surface area contributed by atoms with Crippen LogP contribution >= 0.6 is 0 Å². The van der Waals surface area contributed by atoms with Crippen LogP contribution in [-0.2, 0) is 0 Å². The highest BCUT2D eigenvalue weighted by Crippen LogP contribution is 2.20. The van der Waals surface area contributed by atoms with E-state index in [0.717, 1.165) is 16.4 Å². The van der Waals surface area contributed by atoms with Crippen LogP contribution in [-0.4, -0.2) is 20.7 Å². The van der Waals surface area contributed by atoms with Gasteiger partial charge in [-0.3, -0.25) is 0 Å². The van der Waals surface area contributed by atoms with Crippen LogP contribution in [0, 0.1) is 0 Å². The molecule has 4 nitrogen and oxygen atoms in total. The van der Waals surface area contributed by atoms with Crippen LogP contribution in [0.2, 0.25) is 0 Å². The summed E-state index contributed by atoms with van der Waals surface area (Å²) in [4.78, 5) is 10.9. The molecule has 16 heavy (non-hydrogen) atoms. The normalized spacial score (nSPS) is 11.0. The summed E-state index contributed by atoms with van der Waals surface area (Å²) in [5.74, 6) is -0.919. The van der Waals surface area contributed by atoms with Crippen molar-refractivity contribution in [2.75, 3.05) is 0 Å². The number of hydrogen-bond acceptors (Lipinski definition) is 2. The third-order valence-electron chi connectivity index (χ3n) is 2.57. The molecule has 0 atom stereocenters. The predicted octanol–water partition coefficient (Wildman–Crippen LogP) is 2.19. The highest BCUT2D eigenvalue weighted by atomic mass is 16.4. The van der Waals surface area contributed by atoms with Crippen LogP contribution in [0.25, 0.3) is 16.4 Å². The molecule has 0 amide bonds. The van der Waals surface area contributed by atoms with E-state index in [9.17, 15) is 4.79 Å². The first-order valence-corrected chi connectivity index (χ1v) is 4.86. The molecule has 3 aromatic rings. The van der Waals surface area contributed by atoms with Gasteiger partial charge >= 0.3 is 5.97 Å². The van der Waals surface area contributed by atoms with E-state index in [2.05, 4.69) is 5.10 Å². The number of rotatable bonds is 1. The largest absolute Gasteiger partial charge is 0.478 e. The Hall–Kier alpha value is -2.36. The fourth-order valence-corrected chi connectivity index (χ4v) is 1.81. The molecule has 4 heteroatoms. The fourth-order valence-electron chi connectivity index (χ4n) is 1.81. The summed E-state index contributed by atoms with van der Waals surface area (Å²) in [6.07, 6.45) is 1.84. The lowest BCUT2D eigenvalue weighted by atomic mass is 10.1. The van der Waals surface area contributed by atoms with E-state index in [-0.39, 0.29) is 5.56 Å². The zero-order chi connectivity index (χ0) is 11.1. The summed E-state index contributed by atoms with van der Waals surface area (Å²) < 4.78 is 1.75. The summed E-state index contributed by atoms with van der Waals surface area (Å²) >= 11 is 0. The molecule has 0 aliphatic heterocycles. The Morgan fingerprint density at radius 3 is 2.94 bits per heavy atom. The molecule has 0 fully saturated rings. The molecule has 0 aliphatic carbocycles. The quantitative estimate of drug-likeness (QED) is 0.672. The number of pyridine rings is 1. The van der Waals surface area contributed by atoms with Gasteiger partial charge in [0.1, 0.15) is 0 Å². The van der Waals surface area contributed by atoms with Gasteiger partial charge in [0.15, 0.2) is 0 Å². The molecule has 78 valence electrons. The van der Waals surface area contributed by atoms with E-state index in [1.165, 1.54) is 0 Å². The van der Waals surface area contributed by atoms with Gasteiger partial charge in [-0.15, -0.1) is 0 Å². The van der Waals surface area contributed by atoms with Crippen LogP contribution in [0.1, 0.15) is 10.4 Å². The van der Waals surface area contributed by atoms with E-state index in [1.807, 2.05) is 24.4 Å². The molecular weight excluding hydrogens is 204 g/mol. The Kier molecular flexibility index (Phi) is 1.71. The Morgan fingerprint density at radius 1 is 1.25 bits per heavy atom. The maximum atomic E-state index is 10.9. The van der Waals surface area contributed by atoms with Crippen molar-refractivity contribution in [3.63, 3.8) is 0 Å². The van der Waals surface area contributed by atoms with Crippen LogP contribution in [0.15, 0.2) is 42.6 Å². The third kappa shape index (κ3) is 1.16. The second-order valence-electron chi connectivity index (χ2n) is 3.57. The molecule has 0 bridgehead atoms. The summed E-state index contributed by atoms with van der Waals surface area (Å²) in [6, 6.07) is 10.7. The Balaban J connectivity index is 2.44. The lowest BCUT2D eigenvalue weighted by molar-refractivity contribution is 0.0697. The highest BCUT2D eigenvalue weighted by molar-refractivity contribution is 5.99. The average Bonchev–Trinajstić information content (AvgIpc) is 2.66. The molecule has 0 saturated carbocycles. The maximum absolute atomic E-state index is 10.9. The van der Waals surface area contributed by atoms with Gasteiger partial charge in [0.05, 0.1) is 16.6 Å². The van der Waals surface area contributed by atoms with Crippen molar-refractivity contribution in [2.24, 2.45) is 0 Å². The van der Waals surface area contributed by atoms with Crippen molar-refractivity contribution < 1.29 is 9.90 Å².